The molecule has 0 aliphatic rings. The maximum absolute atomic E-state index is 11.6. The van der Waals surface area contributed by atoms with Crippen LogP contribution in [0.2, 0.25) is 0 Å². The van der Waals surface area contributed by atoms with Gasteiger partial charge in [-0.15, -0.1) is 0 Å². The molecule has 1 atom stereocenters. The summed E-state index contributed by atoms with van der Waals surface area (Å²) in [7, 11) is 0. The Kier molecular flexibility index (Phi) is 4.43. The molecule has 5 heteroatoms. The van der Waals surface area contributed by atoms with Crippen LogP contribution in [0, 0.1) is 13.8 Å². The van der Waals surface area contributed by atoms with E-state index in [1.165, 1.54) is 0 Å². The highest BCUT2D eigenvalue weighted by atomic mass is 16.5. The fraction of sp³-hybridized carbons (Fsp3) is 0.583. The quantitative estimate of drug-likeness (QED) is 0.732. The first-order chi connectivity index (χ1) is 7.95. The van der Waals surface area contributed by atoms with Crippen molar-refractivity contribution in [2.24, 2.45) is 0 Å². The van der Waals surface area contributed by atoms with Crippen molar-refractivity contribution in [2.45, 2.75) is 46.6 Å². The zero-order valence-electron chi connectivity index (χ0n) is 10.6. The predicted molar refractivity (Wildman–Crippen MR) is 60.5 cm³/mol. The van der Waals surface area contributed by atoms with Gasteiger partial charge in [0.05, 0.1) is 12.1 Å². The van der Waals surface area contributed by atoms with E-state index in [1.807, 2.05) is 0 Å². The van der Waals surface area contributed by atoms with Crippen LogP contribution in [-0.4, -0.2) is 23.0 Å². The van der Waals surface area contributed by atoms with Crippen molar-refractivity contribution in [3.8, 4) is 0 Å². The summed E-state index contributed by atoms with van der Waals surface area (Å²) in [6, 6.07) is 0. The number of aryl methyl sites for hydroxylation is 2. The minimum atomic E-state index is -0.687. The second kappa shape index (κ2) is 5.61. The molecular weight excluding hydrogens is 222 g/mol. The summed E-state index contributed by atoms with van der Waals surface area (Å²) in [5, 5.41) is 3.75. The van der Waals surface area contributed by atoms with E-state index in [9.17, 15) is 9.59 Å². The summed E-state index contributed by atoms with van der Waals surface area (Å²) in [6.45, 7) is 6.82. The van der Waals surface area contributed by atoms with E-state index in [0.29, 0.717) is 17.9 Å². The summed E-state index contributed by atoms with van der Waals surface area (Å²) in [6.07, 6.45) is -0.240. The lowest BCUT2D eigenvalue weighted by Crippen LogP contribution is -2.24. The van der Waals surface area contributed by atoms with Crippen molar-refractivity contribution >= 4 is 11.8 Å². The fourth-order valence-electron chi connectivity index (χ4n) is 1.49. The first kappa shape index (κ1) is 13.4. The van der Waals surface area contributed by atoms with Crippen LogP contribution in [0.25, 0.3) is 0 Å². The lowest BCUT2D eigenvalue weighted by atomic mass is 10.1. The number of hydrogen-bond donors (Lipinski definition) is 0. The van der Waals surface area contributed by atoms with Crippen LogP contribution in [0.5, 0.6) is 0 Å². The van der Waals surface area contributed by atoms with Crippen LogP contribution in [0.15, 0.2) is 4.52 Å². The number of ketones is 1. The summed E-state index contributed by atoms with van der Waals surface area (Å²) in [5.41, 5.74) is 1.40. The molecule has 0 N–H and O–H groups in total. The van der Waals surface area contributed by atoms with Gasteiger partial charge in [0.1, 0.15) is 5.76 Å². The number of carbonyl (C=O) groups is 2. The molecule has 0 saturated heterocycles. The molecule has 5 nitrogen and oxygen atoms in total. The summed E-state index contributed by atoms with van der Waals surface area (Å²) in [5.74, 6) is 0.0831. The predicted octanol–water partition coefficient (Wildman–Crippen LogP) is 1.74. The molecule has 0 bridgehead atoms. The average Bonchev–Trinajstić information content (AvgIpc) is 2.59. The van der Waals surface area contributed by atoms with Gasteiger partial charge in [-0.05, 0) is 20.8 Å². The molecule has 0 fully saturated rings. The van der Waals surface area contributed by atoms with Crippen LogP contribution in [-0.2, 0) is 20.7 Å². The summed E-state index contributed by atoms with van der Waals surface area (Å²) < 4.78 is 9.97. The third-order valence-electron chi connectivity index (χ3n) is 2.61. The van der Waals surface area contributed by atoms with Gasteiger partial charge < -0.3 is 9.26 Å². The summed E-state index contributed by atoms with van der Waals surface area (Å²) >= 11 is 0. The van der Waals surface area contributed by atoms with Crippen molar-refractivity contribution in [1.82, 2.24) is 5.16 Å². The highest BCUT2D eigenvalue weighted by molar-refractivity contribution is 5.85. The van der Waals surface area contributed by atoms with Gasteiger partial charge in [0.2, 0.25) is 0 Å². The Morgan fingerprint density at radius 3 is 2.53 bits per heavy atom. The lowest BCUT2D eigenvalue weighted by Gasteiger charge is -2.10. The number of Topliss-reactive ketones (excluding diaryl/α,β-unsaturated/α-hetero) is 1. The number of ether oxygens (including phenoxy) is 1. The number of aromatic nitrogens is 1. The largest absolute Gasteiger partial charge is 0.454 e. The monoisotopic (exact) mass is 239 g/mol. The van der Waals surface area contributed by atoms with Gasteiger partial charge in [0.15, 0.2) is 11.9 Å². The van der Waals surface area contributed by atoms with E-state index < -0.39 is 12.1 Å². The first-order valence-corrected chi connectivity index (χ1v) is 5.59. The molecule has 17 heavy (non-hydrogen) atoms. The van der Waals surface area contributed by atoms with Crippen molar-refractivity contribution in [3.63, 3.8) is 0 Å². The number of nitrogens with zero attached hydrogens (tertiary/aromatic N) is 1. The molecule has 0 radical (unpaired) electrons. The SMILES string of the molecule is CCC(=O)[C@@H](C)OC(=O)Cc1c(C)noc1C. The van der Waals surface area contributed by atoms with Crippen LogP contribution in [0.3, 0.4) is 0 Å². The van der Waals surface area contributed by atoms with Gasteiger partial charge in [0.25, 0.3) is 0 Å². The molecule has 1 aromatic heterocycles. The molecule has 0 saturated carbocycles. The van der Waals surface area contributed by atoms with E-state index in [2.05, 4.69) is 5.16 Å². The van der Waals surface area contributed by atoms with E-state index in [4.69, 9.17) is 9.26 Å². The van der Waals surface area contributed by atoms with Gasteiger partial charge >= 0.3 is 5.97 Å². The Balaban J connectivity index is 2.59. The second-order valence-electron chi connectivity index (χ2n) is 3.93. The van der Waals surface area contributed by atoms with Crippen LogP contribution in [0.1, 0.15) is 37.3 Å². The molecule has 0 aromatic carbocycles. The third-order valence-corrected chi connectivity index (χ3v) is 2.61. The Bertz CT molecular complexity index is 403. The van der Waals surface area contributed by atoms with Crippen molar-refractivity contribution < 1.29 is 18.8 Å². The van der Waals surface area contributed by atoms with E-state index >= 15 is 0 Å². The topological polar surface area (TPSA) is 69.4 Å². The minimum Gasteiger partial charge on any atom is -0.454 e. The molecule has 1 heterocycles. The Morgan fingerprint density at radius 1 is 1.41 bits per heavy atom. The van der Waals surface area contributed by atoms with E-state index in [-0.39, 0.29) is 12.2 Å². The Labute approximate surface area is 100 Å². The van der Waals surface area contributed by atoms with Crippen LogP contribution < -0.4 is 0 Å². The highest BCUT2D eigenvalue weighted by Gasteiger charge is 2.19. The maximum Gasteiger partial charge on any atom is 0.311 e. The molecule has 0 spiro atoms. The summed E-state index contributed by atoms with van der Waals surface area (Å²) in [4.78, 5) is 22.9. The molecule has 0 amide bonds. The van der Waals surface area contributed by atoms with E-state index in [0.717, 1.165) is 5.56 Å². The highest BCUT2D eigenvalue weighted by Crippen LogP contribution is 2.13. The van der Waals surface area contributed by atoms with Crippen molar-refractivity contribution in [2.75, 3.05) is 0 Å². The fourth-order valence-corrected chi connectivity index (χ4v) is 1.49. The second-order valence-corrected chi connectivity index (χ2v) is 3.93. The molecule has 0 aliphatic carbocycles. The third kappa shape index (κ3) is 3.41. The van der Waals surface area contributed by atoms with Crippen molar-refractivity contribution in [1.29, 1.82) is 0 Å². The minimum absolute atomic E-state index is 0.0858. The molecule has 94 valence electrons. The Hall–Kier alpha value is -1.65. The molecule has 1 rings (SSSR count). The average molecular weight is 239 g/mol. The van der Waals surface area contributed by atoms with Gasteiger partial charge in [-0.1, -0.05) is 12.1 Å². The zero-order valence-corrected chi connectivity index (χ0v) is 10.6. The molecule has 1 aromatic rings. The maximum atomic E-state index is 11.6. The Morgan fingerprint density at radius 2 is 2.06 bits per heavy atom. The molecule has 0 aliphatic heterocycles. The van der Waals surface area contributed by atoms with Gasteiger partial charge in [-0.25, -0.2) is 0 Å². The number of hydrogen-bond acceptors (Lipinski definition) is 5. The lowest BCUT2D eigenvalue weighted by molar-refractivity contribution is -0.153. The van der Waals surface area contributed by atoms with Gasteiger partial charge in [0, 0.05) is 12.0 Å². The molecular formula is C12H17NO4. The number of esters is 1. The smallest absolute Gasteiger partial charge is 0.311 e. The van der Waals surface area contributed by atoms with E-state index in [1.54, 1.807) is 27.7 Å². The van der Waals surface area contributed by atoms with Gasteiger partial charge in [-0.2, -0.15) is 0 Å². The van der Waals surface area contributed by atoms with Crippen molar-refractivity contribution in [3.05, 3.63) is 17.0 Å². The van der Waals surface area contributed by atoms with Crippen LogP contribution >= 0.6 is 0 Å². The standard InChI is InChI=1S/C12H17NO4/c1-5-11(14)9(4)16-12(15)6-10-7(2)13-17-8(10)3/h9H,5-6H2,1-4H3/t9-/m1/s1. The number of rotatable bonds is 5. The van der Waals surface area contributed by atoms with Gasteiger partial charge in [-0.3, -0.25) is 9.59 Å². The zero-order chi connectivity index (χ0) is 13.0. The van der Waals surface area contributed by atoms with Crippen LogP contribution in [0.4, 0.5) is 0 Å². The number of carbonyl (C=O) groups excluding carboxylic acids is 2. The first-order valence-electron chi connectivity index (χ1n) is 5.59. The molecule has 0 unspecified atom stereocenters. The normalized spacial score (nSPS) is 12.2.